The Kier molecular flexibility index (Phi) is 10.1. The third-order valence-corrected chi connectivity index (χ3v) is 10.8. The summed E-state index contributed by atoms with van der Waals surface area (Å²) in [7, 11) is 3.72. The van der Waals surface area contributed by atoms with Crippen LogP contribution in [0.25, 0.3) is 33.9 Å². The number of carbonyl (C=O) groups is 1. The zero-order valence-electron chi connectivity index (χ0n) is 29.9. The lowest BCUT2D eigenvalue weighted by Crippen LogP contribution is -2.52. The molecular formula is C37H46F3N9O3. The van der Waals surface area contributed by atoms with Gasteiger partial charge >= 0.3 is 12.1 Å². The molecule has 0 radical (unpaired) electrons. The molecular weight excluding hydrogens is 675 g/mol. The lowest BCUT2D eigenvalue weighted by molar-refractivity contribution is -0.141. The van der Waals surface area contributed by atoms with Crippen molar-refractivity contribution in [3.63, 3.8) is 0 Å². The number of nitrogens with one attached hydrogen (secondary N) is 1. The second-order valence-electron chi connectivity index (χ2n) is 14.8. The molecule has 7 rings (SSSR count). The van der Waals surface area contributed by atoms with Crippen molar-refractivity contribution in [2.75, 3.05) is 63.3 Å². The highest BCUT2D eigenvalue weighted by molar-refractivity contribution is 5.91. The van der Waals surface area contributed by atoms with Gasteiger partial charge in [0, 0.05) is 75.4 Å². The number of alkyl halides is 3. The van der Waals surface area contributed by atoms with E-state index in [0.29, 0.717) is 59.2 Å². The van der Waals surface area contributed by atoms with Gasteiger partial charge in [-0.2, -0.15) is 13.2 Å². The maximum atomic E-state index is 14.0. The van der Waals surface area contributed by atoms with Crippen molar-refractivity contribution in [1.29, 1.82) is 0 Å². The Bertz CT molecular complexity index is 1890. The lowest BCUT2D eigenvalue weighted by atomic mass is 9.86. The normalized spacial score (nSPS) is 19.4. The molecule has 0 unspecified atom stereocenters. The van der Waals surface area contributed by atoms with Crippen LogP contribution in [0.2, 0.25) is 0 Å². The highest BCUT2D eigenvalue weighted by Crippen LogP contribution is 2.44. The summed E-state index contributed by atoms with van der Waals surface area (Å²) in [6.45, 7) is 6.48. The van der Waals surface area contributed by atoms with E-state index in [1.165, 1.54) is 0 Å². The molecule has 12 nitrogen and oxygen atoms in total. The van der Waals surface area contributed by atoms with Crippen molar-refractivity contribution in [2.24, 2.45) is 5.41 Å². The number of nitrogens with zero attached hydrogens (tertiary/aromatic N) is 8. The molecule has 1 aliphatic heterocycles. The average Bonchev–Trinajstić information content (AvgIpc) is 3.72. The smallest absolute Gasteiger partial charge is 0.433 e. The fourth-order valence-electron chi connectivity index (χ4n) is 7.92. The van der Waals surface area contributed by atoms with Gasteiger partial charge in [0.1, 0.15) is 22.7 Å². The Morgan fingerprint density at radius 3 is 2.52 bits per heavy atom. The van der Waals surface area contributed by atoms with E-state index in [1.54, 1.807) is 25.6 Å². The van der Waals surface area contributed by atoms with E-state index in [4.69, 9.17) is 29.8 Å². The number of hydrogen-bond acceptors (Lipinski definition) is 10. The zero-order chi connectivity index (χ0) is 36.6. The van der Waals surface area contributed by atoms with Gasteiger partial charge in [0.2, 0.25) is 0 Å². The topological polar surface area (TPSA) is 136 Å². The molecule has 3 aliphatic rings. The number of pyridine rings is 2. The first-order chi connectivity index (χ1) is 24.9. The van der Waals surface area contributed by atoms with E-state index in [2.05, 4.69) is 31.6 Å². The summed E-state index contributed by atoms with van der Waals surface area (Å²) in [5.74, 6) is 0.447. The second kappa shape index (κ2) is 14.6. The molecule has 2 saturated carbocycles. The van der Waals surface area contributed by atoms with E-state index in [9.17, 15) is 18.0 Å². The third-order valence-electron chi connectivity index (χ3n) is 10.8. The van der Waals surface area contributed by atoms with Gasteiger partial charge in [0.05, 0.1) is 30.4 Å². The number of rotatable bonds is 13. The number of halogens is 3. The van der Waals surface area contributed by atoms with Crippen molar-refractivity contribution < 1.29 is 27.8 Å². The van der Waals surface area contributed by atoms with Crippen LogP contribution in [0.5, 0.6) is 0 Å². The van der Waals surface area contributed by atoms with Crippen molar-refractivity contribution in [3.8, 4) is 22.8 Å². The van der Waals surface area contributed by atoms with E-state index < -0.39 is 17.8 Å². The van der Waals surface area contributed by atoms with E-state index >= 15 is 0 Å². The van der Waals surface area contributed by atoms with Gasteiger partial charge in [0.15, 0.2) is 11.5 Å². The molecule has 2 aliphatic carbocycles. The van der Waals surface area contributed by atoms with Gasteiger partial charge in [0.25, 0.3) is 0 Å². The first-order valence-electron chi connectivity index (χ1n) is 18.1. The van der Waals surface area contributed by atoms with Crippen LogP contribution in [-0.4, -0.2) is 105 Å². The molecule has 0 aromatic carbocycles. The van der Waals surface area contributed by atoms with Crippen LogP contribution >= 0.6 is 0 Å². The van der Waals surface area contributed by atoms with Crippen molar-refractivity contribution in [1.82, 2.24) is 34.8 Å². The number of aromatic amines is 1. The number of aromatic nitrogens is 6. The van der Waals surface area contributed by atoms with Crippen molar-refractivity contribution in [2.45, 2.75) is 76.4 Å². The number of ether oxygens (including phenoxy) is 1. The zero-order valence-corrected chi connectivity index (χ0v) is 29.9. The summed E-state index contributed by atoms with van der Waals surface area (Å²) in [5.41, 5.74) is 2.58. The monoisotopic (exact) mass is 721 g/mol. The molecule has 5 heterocycles. The largest absolute Gasteiger partial charge is 0.481 e. The standard InChI is InChI=1S/C37H46F3N9O3/c1-23-20-49(14-13-48(23)12-6-7-32(50)51)31-19-41-28(18-42-31)34-45-33-29(47(2)21-36(22-52-3)10-4-5-11-36)17-27(44-35(33)46-34)25-15-26(24-8-9-24)43-30(16-25)37(38,39)40/h15-19,23-24H,4-14,20-22H2,1-3H3,(H,50,51)(H,44,45,46)/t23-/m1/s1. The van der Waals surface area contributed by atoms with E-state index in [-0.39, 0.29) is 23.8 Å². The Morgan fingerprint density at radius 2 is 1.87 bits per heavy atom. The summed E-state index contributed by atoms with van der Waals surface area (Å²) in [6, 6.07) is 4.91. The van der Waals surface area contributed by atoms with Crippen LogP contribution in [0.1, 0.15) is 75.6 Å². The molecule has 4 aromatic heterocycles. The highest BCUT2D eigenvalue weighted by atomic mass is 19.4. The Hall–Kier alpha value is -4.37. The molecule has 278 valence electrons. The lowest BCUT2D eigenvalue weighted by Gasteiger charge is -2.40. The molecule has 0 spiro atoms. The minimum Gasteiger partial charge on any atom is -0.481 e. The molecule has 1 saturated heterocycles. The summed E-state index contributed by atoms with van der Waals surface area (Å²) < 4.78 is 47.8. The number of hydrogen-bond donors (Lipinski definition) is 2. The fraction of sp³-hybridized carbons (Fsp3) is 0.568. The van der Waals surface area contributed by atoms with E-state index in [0.717, 1.165) is 82.3 Å². The number of anilines is 2. The van der Waals surface area contributed by atoms with Crippen molar-refractivity contribution >= 4 is 28.6 Å². The maximum Gasteiger partial charge on any atom is 0.433 e. The minimum absolute atomic E-state index is 0.0256. The third kappa shape index (κ3) is 7.85. The number of aliphatic carboxylic acids is 1. The van der Waals surface area contributed by atoms with Crippen LogP contribution in [-0.2, 0) is 15.7 Å². The van der Waals surface area contributed by atoms with Crippen LogP contribution in [0.15, 0.2) is 30.6 Å². The molecule has 15 heteroatoms. The number of imidazole rings is 1. The Labute approximate surface area is 300 Å². The summed E-state index contributed by atoms with van der Waals surface area (Å²) in [6.07, 6.45) is 5.55. The maximum absolute atomic E-state index is 14.0. The first kappa shape index (κ1) is 36.0. The van der Waals surface area contributed by atoms with Gasteiger partial charge in [-0.25, -0.2) is 24.9 Å². The van der Waals surface area contributed by atoms with Gasteiger partial charge < -0.3 is 24.6 Å². The van der Waals surface area contributed by atoms with Crippen LogP contribution < -0.4 is 9.80 Å². The minimum atomic E-state index is -4.59. The summed E-state index contributed by atoms with van der Waals surface area (Å²) in [4.78, 5) is 44.0. The Morgan fingerprint density at radius 1 is 1.08 bits per heavy atom. The predicted molar refractivity (Wildman–Crippen MR) is 191 cm³/mol. The summed E-state index contributed by atoms with van der Waals surface area (Å²) in [5, 5.41) is 8.99. The molecule has 2 N–H and O–H groups in total. The number of carboxylic acids is 1. The van der Waals surface area contributed by atoms with Crippen molar-refractivity contribution in [3.05, 3.63) is 42.0 Å². The van der Waals surface area contributed by atoms with E-state index in [1.807, 2.05) is 13.1 Å². The SMILES string of the molecule is COCC1(CN(C)c2cc(-c3cc(C4CC4)nc(C(F)(F)F)c3)nc3nc(-c4cnc(N5CCN(CCCC(=O)O)[C@H](C)C5)cn4)[nH]c23)CCCC1. The number of fused-ring (bicyclic) bond motifs is 1. The van der Waals surface area contributed by atoms with Crippen LogP contribution in [0, 0.1) is 5.41 Å². The first-order valence-corrected chi connectivity index (χ1v) is 18.1. The molecule has 1 atom stereocenters. The predicted octanol–water partition coefficient (Wildman–Crippen LogP) is 6.39. The van der Waals surface area contributed by atoms with Gasteiger partial charge in [-0.3, -0.25) is 9.69 Å². The number of piperazine rings is 1. The molecule has 3 fully saturated rings. The Balaban J connectivity index is 1.20. The van der Waals surface area contributed by atoms with Crippen LogP contribution in [0.4, 0.5) is 24.7 Å². The quantitative estimate of drug-likeness (QED) is 0.159. The molecule has 4 aromatic rings. The molecule has 0 amide bonds. The second-order valence-corrected chi connectivity index (χ2v) is 14.8. The highest BCUT2D eigenvalue weighted by Gasteiger charge is 2.37. The fourth-order valence-corrected chi connectivity index (χ4v) is 7.92. The van der Waals surface area contributed by atoms with Gasteiger partial charge in [-0.05, 0) is 63.8 Å². The summed E-state index contributed by atoms with van der Waals surface area (Å²) >= 11 is 0. The number of H-pyrrole nitrogens is 1. The number of carboxylic acid groups (broad SMARTS) is 1. The molecule has 0 bridgehead atoms. The average molecular weight is 722 g/mol. The molecule has 52 heavy (non-hydrogen) atoms. The van der Waals surface area contributed by atoms with Crippen LogP contribution in [0.3, 0.4) is 0 Å². The van der Waals surface area contributed by atoms with Gasteiger partial charge in [-0.15, -0.1) is 0 Å². The van der Waals surface area contributed by atoms with Gasteiger partial charge in [-0.1, -0.05) is 12.8 Å². The number of methoxy groups -OCH3 is 1.